The monoisotopic (exact) mass is 159 g/mol. The van der Waals surface area contributed by atoms with Gasteiger partial charge in [0.2, 0.25) is 0 Å². The van der Waals surface area contributed by atoms with E-state index in [4.69, 9.17) is 9.84 Å². The lowest BCUT2D eigenvalue weighted by Gasteiger charge is -2.14. The highest BCUT2D eigenvalue weighted by atomic mass is 16.5. The second kappa shape index (κ2) is 4.70. The highest BCUT2D eigenvalue weighted by Crippen LogP contribution is 2.10. The maximum absolute atomic E-state index is 8.71. The Balaban J connectivity index is 2.01. The summed E-state index contributed by atoms with van der Waals surface area (Å²) in [5, 5.41) is 11.9. The molecule has 0 bridgehead atoms. The second-order valence-corrected chi connectivity index (χ2v) is 3.13. The molecule has 1 heterocycles. The molecule has 0 aromatic heterocycles. The van der Waals surface area contributed by atoms with Crippen LogP contribution in [0.1, 0.15) is 19.8 Å². The molecule has 0 saturated carbocycles. The van der Waals surface area contributed by atoms with Gasteiger partial charge in [0, 0.05) is 19.2 Å². The Morgan fingerprint density at radius 2 is 2.55 bits per heavy atom. The van der Waals surface area contributed by atoms with Crippen molar-refractivity contribution in [3.05, 3.63) is 0 Å². The summed E-state index contributed by atoms with van der Waals surface area (Å²) >= 11 is 0. The number of hydrogen-bond donors (Lipinski definition) is 2. The van der Waals surface area contributed by atoms with E-state index in [9.17, 15) is 0 Å². The number of ether oxygens (including phenoxy) is 1. The molecule has 1 unspecified atom stereocenters. The van der Waals surface area contributed by atoms with Crippen molar-refractivity contribution in [2.45, 2.75) is 31.9 Å². The third kappa shape index (κ3) is 3.18. The van der Waals surface area contributed by atoms with Gasteiger partial charge in [-0.15, -0.1) is 0 Å². The first kappa shape index (κ1) is 8.97. The minimum atomic E-state index is 0.194. The molecule has 3 nitrogen and oxygen atoms in total. The van der Waals surface area contributed by atoms with Gasteiger partial charge >= 0.3 is 0 Å². The van der Waals surface area contributed by atoms with Gasteiger partial charge in [-0.2, -0.15) is 0 Å². The van der Waals surface area contributed by atoms with Crippen LogP contribution in [0.5, 0.6) is 0 Å². The van der Waals surface area contributed by atoms with Crippen molar-refractivity contribution in [3.8, 4) is 0 Å². The van der Waals surface area contributed by atoms with Crippen molar-refractivity contribution < 1.29 is 9.84 Å². The molecule has 0 spiro atoms. The molecule has 1 aliphatic rings. The van der Waals surface area contributed by atoms with Crippen LogP contribution in [-0.4, -0.2) is 37.0 Å². The minimum Gasteiger partial charge on any atom is -0.395 e. The third-order valence-corrected chi connectivity index (χ3v) is 1.99. The predicted octanol–water partition coefficient (Wildman–Crippen LogP) is 0.136. The van der Waals surface area contributed by atoms with Gasteiger partial charge in [0.05, 0.1) is 12.7 Å². The first-order valence-corrected chi connectivity index (χ1v) is 4.28. The highest BCUT2D eigenvalue weighted by molar-refractivity contribution is 4.69. The first-order valence-electron chi connectivity index (χ1n) is 4.28. The molecule has 0 aromatic carbocycles. The van der Waals surface area contributed by atoms with Gasteiger partial charge in [0.15, 0.2) is 0 Å². The SMILES string of the molecule is C[C@H](CO)NCC1CCCO1. The van der Waals surface area contributed by atoms with Crippen LogP contribution in [0, 0.1) is 0 Å². The van der Waals surface area contributed by atoms with E-state index < -0.39 is 0 Å². The molecule has 0 aromatic rings. The first-order chi connectivity index (χ1) is 5.33. The van der Waals surface area contributed by atoms with Crippen LogP contribution in [0.4, 0.5) is 0 Å². The second-order valence-electron chi connectivity index (χ2n) is 3.13. The van der Waals surface area contributed by atoms with Crippen molar-refractivity contribution in [3.63, 3.8) is 0 Å². The Morgan fingerprint density at radius 1 is 1.73 bits per heavy atom. The summed E-state index contributed by atoms with van der Waals surface area (Å²) in [6.45, 7) is 3.95. The van der Waals surface area contributed by atoms with E-state index in [2.05, 4.69) is 5.32 Å². The molecule has 3 heteroatoms. The fraction of sp³-hybridized carbons (Fsp3) is 1.00. The summed E-state index contributed by atoms with van der Waals surface area (Å²) in [6.07, 6.45) is 2.72. The molecule has 1 rings (SSSR count). The molecule has 0 amide bonds. The van der Waals surface area contributed by atoms with Crippen LogP contribution in [0.3, 0.4) is 0 Å². The van der Waals surface area contributed by atoms with E-state index in [0.29, 0.717) is 6.10 Å². The Labute approximate surface area is 67.7 Å². The topological polar surface area (TPSA) is 41.5 Å². The van der Waals surface area contributed by atoms with E-state index in [1.165, 1.54) is 6.42 Å². The maximum atomic E-state index is 8.71. The normalized spacial score (nSPS) is 27.3. The molecular formula is C8H17NO2. The number of hydrogen-bond acceptors (Lipinski definition) is 3. The van der Waals surface area contributed by atoms with Gasteiger partial charge in [-0.05, 0) is 19.8 Å². The van der Waals surface area contributed by atoms with E-state index in [0.717, 1.165) is 19.6 Å². The lowest BCUT2D eigenvalue weighted by atomic mass is 10.2. The van der Waals surface area contributed by atoms with Crippen LogP contribution >= 0.6 is 0 Å². The van der Waals surface area contributed by atoms with Gasteiger partial charge in [0.25, 0.3) is 0 Å². The molecule has 11 heavy (non-hydrogen) atoms. The molecule has 0 radical (unpaired) electrons. The fourth-order valence-corrected chi connectivity index (χ4v) is 1.20. The molecule has 2 atom stereocenters. The zero-order valence-corrected chi connectivity index (χ0v) is 7.05. The fourth-order valence-electron chi connectivity index (χ4n) is 1.20. The smallest absolute Gasteiger partial charge is 0.0700 e. The highest BCUT2D eigenvalue weighted by Gasteiger charge is 2.15. The van der Waals surface area contributed by atoms with Crippen LogP contribution in [-0.2, 0) is 4.74 Å². The molecule has 1 saturated heterocycles. The molecule has 1 aliphatic heterocycles. The average molecular weight is 159 g/mol. The lowest BCUT2D eigenvalue weighted by Crippen LogP contribution is -2.35. The van der Waals surface area contributed by atoms with Crippen molar-refractivity contribution in [1.82, 2.24) is 5.32 Å². The Bertz CT molecular complexity index is 102. The van der Waals surface area contributed by atoms with Crippen molar-refractivity contribution in [2.75, 3.05) is 19.8 Å². The largest absolute Gasteiger partial charge is 0.395 e. The standard InChI is InChI=1S/C8H17NO2/c1-7(6-10)9-5-8-3-2-4-11-8/h7-10H,2-6H2,1H3/t7-,8?/m1/s1. The van der Waals surface area contributed by atoms with Crippen LogP contribution in [0.25, 0.3) is 0 Å². The van der Waals surface area contributed by atoms with Crippen LogP contribution in [0.2, 0.25) is 0 Å². The minimum absolute atomic E-state index is 0.194. The number of aliphatic hydroxyl groups is 1. The van der Waals surface area contributed by atoms with Gasteiger partial charge in [-0.1, -0.05) is 0 Å². The average Bonchev–Trinajstić information content (AvgIpc) is 2.52. The molecule has 0 aliphatic carbocycles. The summed E-state index contributed by atoms with van der Waals surface area (Å²) in [5.74, 6) is 0. The Kier molecular flexibility index (Phi) is 3.83. The Morgan fingerprint density at radius 3 is 3.09 bits per heavy atom. The van der Waals surface area contributed by atoms with E-state index >= 15 is 0 Å². The van der Waals surface area contributed by atoms with Crippen molar-refractivity contribution in [1.29, 1.82) is 0 Å². The van der Waals surface area contributed by atoms with E-state index in [1.54, 1.807) is 0 Å². The van der Waals surface area contributed by atoms with Gasteiger partial charge in [0.1, 0.15) is 0 Å². The van der Waals surface area contributed by atoms with Gasteiger partial charge in [-0.25, -0.2) is 0 Å². The summed E-state index contributed by atoms with van der Waals surface area (Å²) in [6, 6.07) is 0.194. The quantitative estimate of drug-likeness (QED) is 0.613. The van der Waals surface area contributed by atoms with Crippen LogP contribution < -0.4 is 5.32 Å². The third-order valence-electron chi connectivity index (χ3n) is 1.99. The molecule has 1 fully saturated rings. The lowest BCUT2D eigenvalue weighted by molar-refractivity contribution is 0.105. The Hall–Kier alpha value is -0.120. The molecular weight excluding hydrogens is 142 g/mol. The van der Waals surface area contributed by atoms with Crippen molar-refractivity contribution in [2.24, 2.45) is 0 Å². The number of aliphatic hydroxyl groups excluding tert-OH is 1. The van der Waals surface area contributed by atoms with E-state index in [1.807, 2.05) is 6.92 Å². The summed E-state index contributed by atoms with van der Waals surface area (Å²) in [7, 11) is 0. The zero-order valence-electron chi connectivity index (χ0n) is 7.05. The number of nitrogens with one attached hydrogen (secondary N) is 1. The van der Waals surface area contributed by atoms with Crippen molar-refractivity contribution >= 4 is 0 Å². The molecule has 66 valence electrons. The van der Waals surface area contributed by atoms with Crippen LogP contribution in [0.15, 0.2) is 0 Å². The summed E-state index contributed by atoms with van der Waals surface area (Å²) in [4.78, 5) is 0. The number of rotatable bonds is 4. The van der Waals surface area contributed by atoms with E-state index in [-0.39, 0.29) is 12.6 Å². The van der Waals surface area contributed by atoms with Gasteiger partial charge in [-0.3, -0.25) is 0 Å². The molecule has 2 N–H and O–H groups in total. The summed E-state index contributed by atoms with van der Waals surface area (Å²) in [5.41, 5.74) is 0. The van der Waals surface area contributed by atoms with Gasteiger partial charge < -0.3 is 15.2 Å². The maximum Gasteiger partial charge on any atom is 0.0700 e. The zero-order chi connectivity index (χ0) is 8.10. The summed E-state index contributed by atoms with van der Waals surface area (Å²) < 4.78 is 5.40. The predicted molar refractivity (Wildman–Crippen MR) is 43.5 cm³/mol.